The fraction of sp³-hybridized carbons (Fsp3) is 0.400. The minimum Gasteiger partial charge on any atom is -0.455 e. The van der Waals surface area contributed by atoms with E-state index in [9.17, 15) is 0 Å². The number of nitrogens with zero attached hydrogens (tertiary/aromatic N) is 3. The van der Waals surface area contributed by atoms with Crippen molar-refractivity contribution in [3.8, 4) is 67.5 Å². The van der Waals surface area contributed by atoms with Crippen molar-refractivity contribution in [2.75, 3.05) is 0 Å². The lowest BCUT2D eigenvalue weighted by atomic mass is 9.48. The Morgan fingerprint density at radius 2 is 0.646 bits per heavy atom. The molecule has 7 aromatic carbocycles. The summed E-state index contributed by atoms with van der Waals surface area (Å²) in [5.41, 5.74) is 17.3. The van der Waals surface area contributed by atoms with Gasteiger partial charge in [-0.1, -0.05) is 121 Å². The summed E-state index contributed by atoms with van der Waals surface area (Å²) in [7, 11) is 0. The van der Waals surface area contributed by atoms with Gasteiger partial charge in [0.25, 0.3) is 0 Å². The number of furan rings is 1. The molecular weight excluding hydrogens is 959 g/mol. The number of para-hydroxylation sites is 1. The number of aromatic nitrogens is 3. The van der Waals surface area contributed by atoms with E-state index in [4.69, 9.17) is 19.4 Å². The lowest BCUT2D eigenvalue weighted by molar-refractivity contribution is -0.00530. The van der Waals surface area contributed by atoms with Crippen LogP contribution in [0, 0.1) is 53.3 Å². The van der Waals surface area contributed by atoms with Crippen LogP contribution in [0.1, 0.15) is 132 Å². The minimum atomic E-state index is 0.311. The number of hydrogen-bond donors (Lipinski definition) is 0. The Morgan fingerprint density at radius 1 is 0.291 bits per heavy atom. The Hall–Kier alpha value is -6.65. The van der Waals surface area contributed by atoms with Crippen molar-refractivity contribution in [3.05, 3.63) is 174 Å². The van der Waals surface area contributed by atoms with E-state index < -0.39 is 0 Å². The molecular formula is C75H71N3O. The molecule has 9 aromatic rings. The predicted octanol–water partition coefficient (Wildman–Crippen LogP) is 19.2. The molecule has 0 aliphatic heterocycles. The van der Waals surface area contributed by atoms with Crippen molar-refractivity contribution in [1.82, 2.24) is 15.0 Å². The molecule has 0 spiro atoms. The molecule has 21 rings (SSSR count). The molecule has 2 heterocycles. The van der Waals surface area contributed by atoms with E-state index in [-0.39, 0.29) is 0 Å². The van der Waals surface area contributed by atoms with E-state index in [1.807, 2.05) is 0 Å². The Bertz CT molecular complexity index is 3780. The van der Waals surface area contributed by atoms with Crippen LogP contribution >= 0.6 is 0 Å². The summed E-state index contributed by atoms with van der Waals surface area (Å²) >= 11 is 0. The van der Waals surface area contributed by atoms with Gasteiger partial charge in [0, 0.05) is 21.9 Å². The van der Waals surface area contributed by atoms with Gasteiger partial charge in [-0.3, -0.25) is 0 Å². The number of hydrogen-bond acceptors (Lipinski definition) is 4. The second-order valence-electron chi connectivity index (χ2n) is 28.3. The van der Waals surface area contributed by atoms with Gasteiger partial charge in [0.15, 0.2) is 17.5 Å². The fourth-order valence-electron chi connectivity index (χ4n) is 21.0. The smallest absolute Gasteiger partial charge is 0.167 e. The van der Waals surface area contributed by atoms with Crippen molar-refractivity contribution in [2.45, 2.75) is 132 Å². The van der Waals surface area contributed by atoms with Gasteiger partial charge in [0.05, 0.1) is 5.56 Å². The quantitative estimate of drug-likeness (QED) is 0.145. The number of benzene rings is 7. The van der Waals surface area contributed by atoms with Gasteiger partial charge in [-0.25, -0.2) is 15.0 Å². The molecule has 0 unspecified atom stereocenters. The third-order valence-corrected chi connectivity index (χ3v) is 23.2. The van der Waals surface area contributed by atoms with E-state index in [1.54, 1.807) is 11.1 Å². The maximum atomic E-state index is 6.95. The Kier molecular flexibility index (Phi) is 10.0. The molecule has 0 radical (unpaired) electrons. The maximum Gasteiger partial charge on any atom is 0.167 e. The maximum absolute atomic E-state index is 6.95. The molecule has 12 fully saturated rings. The lowest BCUT2D eigenvalue weighted by Crippen LogP contribution is -2.48. The SMILES string of the molecule is c1ccc(-c2cc(-c3ccc(C45CC6CC(CC(C6)C4)C5)cc3)cc(-c3nc(-c4ccc(C56CC7CC(CC(C7)C5)C6)cc4)nc(-c4cc(-c5ccc(C67CC8CC(CC(C8)C6)C7)cc5)cc5c4oc4ccccc45)n3)c2)cc1. The molecule has 0 amide bonds. The molecule has 4 nitrogen and oxygen atoms in total. The Balaban J connectivity index is 0.790. The minimum absolute atomic E-state index is 0.311. The second-order valence-corrected chi connectivity index (χ2v) is 28.3. The van der Waals surface area contributed by atoms with Crippen molar-refractivity contribution < 1.29 is 4.42 Å². The Labute approximate surface area is 465 Å². The van der Waals surface area contributed by atoms with Crippen LogP contribution in [0.2, 0.25) is 0 Å². The normalized spacial score (nSPS) is 32.4. The summed E-state index contributed by atoms with van der Waals surface area (Å²) in [6.45, 7) is 0. The van der Waals surface area contributed by atoms with E-state index in [1.165, 1.54) is 143 Å². The molecule has 12 saturated carbocycles. The average molecular weight is 1030 g/mol. The van der Waals surface area contributed by atoms with Crippen LogP contribution in [0.25, 0.3) is 89.5 Å². The van der Waals surface area contributed by atoms with Crippen molar-refractivity contribution >= 4 is 21.9 Å². The summed E-state index contributed by atoms with van der Waals surface area (Å²) in [5, 5.41) is 2.19. The van der Waals surface area contributed by atoms with Gasteiger partial charge in [0.1, 0.15) is 11.2 Å². The third kappa shape index (κ3) is 7.54. The zero-order valence-corrected chi connectivity index (χ0v) is 45.7. The first-order chi connectivity index (χ1) is 38.8. The van der Waals surface area contributed by atoms with Crippen LogP contribution in [-0.2, 0) is 16.2 Å². The average Bonchev–Trinajstić information content (AvgIpc) is 4.01. The summed E-state index contributed by atoms with van der Waals surface area (Å²) in [4.78, 5) is 16.7. The predicted molar refractivity (Wildman–Crippen MR) is 319 cm³/mol. The van der Waals surface area contributed by atoms with E-state index >= 15 is 0 Å². The standard InChI is InChI=1S/C75H71N3O/c1-2-6-54(7-3-1)58-31-59(55-10-16-62(17-11-55)73-36-45-22-46(37-73)24-47(23-45)38-73)33-61(32-58)71-76-70(57-14-20-64(21-15-57)75-42-51-28-52(43-75)30-53(29-51)44-75)77-72(78-71)67-35-60(34-66-65-8-4-5-9-68(65)79-69(66)67)56-12-18-63(19-13-56)74-39-48-25-49(40-74)27-50(26-48)41-74/h1-21,31-35,45-53H,22-30,36-44H2. The highest BCUT2D eigenvalue weighted by Gasteiger charge is 2.54. The van der Waals surface area contributed by atoms with Crippen LogP contribution < -0.4 is 0 Å². The summed E-state index contributed by atoms with van der Waals surface area (Å²) < 4.78 is 6.95. The zero-order chi connectivity index (χ0) is 51.6. The molecule has 392 valence electrons. The van der Waals surface area contributed by atoms with Gasteiger partial charge >= 0.3 is 0 Å². The van der Waals surface area contributed by atoms with E-state index in [2.05, 4.69) is 158 Å². The molecule has 12 aliphatic rings. The topological polar surface area (TPSA) is 51.8 Å². The van der Waals surface area contributed by atoms with E-state index in [0.717, 1.165) is 103 Å². The van der Waals surface area contributed by atoms with Crippen LogP contribution in [0.5, 0.6) is 0 Å². The van der Waals surface area contributed by atoms with Crippen molar-refractivity contribution in [1.29, 1.82) is 0 Å². The molecule has 2 aromatic heterocycles. The monoisotopic (exact) mass is 1030 g/mol. The highest BCUT2D eigenvalue weighted by atomic mass is 16.3. The number of rotatable bonds is 9. The second kappa shape index (κ2) is 17.2. The molecule has 79 heavy (non-hydrogen) atoms. The first kappa shape index (κ1) is 46.1. The van der Waals surface area contributed by atoms with Crippen LogP contribution in [0.15, 0.2) is 162 Å². The van der Waals surface area contributed by atoms with Crippen LogP contribution in [0.3, 0.4) is 0 Å². The van der Waals surface area contributed by atoms with Gasteiger partial charge in [0.2, 0.25) is 0 Å². The van der Waals surface area contributed by atoms with Gasteiger partial charge in [-0.2, -0.15) is 0 Å². The van der Waals surface area contributed by atoms with Crippen LogP contribution in [0.4, 0.5) is 0 Å². The van der Waals surface area contributed by atoms with Crippen LogP contribution in [-0.4, -0.2) is 15.0 Å². The fourth-order valence-corrected chi connectivity index (χ4v) is 21.0. The van der Waals surface area contributed by atoms with Crippen molar-refractivity contribution in [2.24, 2.45) is 53.3 Å². The van der Waals surface area contributed by atoms with Gasteiger partial charge in [-0.15, -0.1) is 0 Å². The molecule has 12 aliphatic carbocycles. The molecule has 0 saturated heterocycles. The largest absolute Gasteiger partial charge is 0.455 e. The molecule has 4 heteroatoms. The molecule has 0 N–H and O–H groups in total. The van der Waals surface area contributed by atoms with Gasteiger partial charge < -0.3 is 4.42 Å². The zero-order valence-electron chi connectivity index (χ0n) is 45.7. The summed E-state index contributed by atoms with van der Waals surface area (Å²) in [5.74, 6) is 10.1. The number of fused-ring (bicyclic) bond motifs is 3. The summed E-state index contributed by atoms with van der Waals surface area (Å²) in [6, 6.07) is 60.2. The van der Waals surface area contributed by atoms with E-state index in [0.29, 0.717) is 33.7 Å². The van der Waals surface area contributed by atoms with Crippen molar-refractivity contribution in [3.63, 3.8) is 0 Å². The van der Waals surface area contributed by atoms with Gasteiger partial charge in [-0.05, 0) is 272 Å². The first-order valence-corrected chi connectivity index (χ1v) is 31.0. The molecule has 0 atom stereocenters. The lowest BCUT2D eigenvalue weighted by Gasteiger charge is -2.57. The molecule has 12 bridgehead atoms. The summed E-state index contributed by atoms with van der Waals surface area (Å²) in [6.07, 6.45) is 25.4. The first-order valence-electron chi connectivity index (χ1n) is 31.0. The Morgan fingerprint density at radius 3 is 1.10 bits per heavy atom. The highest BCUT2D eigenvalue weighted by molar-refractivity contribution is 6.11. The third-order valence-electron chi connectivity index (χ3n) is 23.2. The highest BCUT2D eigenvalue weighted by Crippen LogP contribution is 2.63.